The smallest absolute Gasteiger partial charge is 0.185 e. The van der Waals surface area contributed by atoms with Crippen molar-refractivity contribution in [3.8, 4) is 6.07 Å². The van der Waals surface area contributed by atoms with E-state index < -0.39 is 17.5 Å². The Bertz CT molecular complexity index is 711. The Balaban J connectivity index is 2.45. The zero-order valence-electron chi connectivity index (χ0n) is 10.1. The summed E-state index contributed by atoms with van der Waals surface area (Å²) in [7, 11) is 0. The van der Waals surface area contributed by atoms with Gasteiger partial charge in [0, 0.05) is 20.6 Å². The molecule has 1 atom stereocenters. The number of nitriles is 1. The third-order valence-corrected chi connectivity index (χ3v) is 3.70. The molecule has 0 radical (unpaired) electrons. The van der Waals surface area contributed by atoms with Crippen molar-refractivity contribution in [1.82, 2.24) is 0 Å². The van der Waals surface area contributed by atoms with Crippen molar-refractivity contribution in [3.05, 3.63) is 68.9 Å². The molecule has 1 unspecified atom stereocenters. The second kappa shape index (κ2) is 6.17. The predicted molar refractivity (Wildman–Crippen MR) is 78.2 cm³/mol. The van der Waals surface area contributed by atoms with Crippen LogP contribution in [-0.4, -0.2) is 5.78 Å². The average molecular weight is 353 g/mol. The molecule has 0 aromatic heterocycles. The van der Waals surface area contributed by atoms with Crippen molar-refractivity contribution in [2.75, 3.05) is 0 Å². The summed E-state index contributed by atoms with van der Waals surface area (Å²) in [6.07, 6.45) is 0. The van der Waals surface area contributed by atoms with E-state index in [1.54, 1.807) is 18.2 Å². The average Bonchev–Trinajstić information content (AvgIpc) is 2.41. The lowest BCUT2D eigenvalue weighted by atomic mass is 9.91. The highest BCUT2D eigenvalue weighted by Crippen LogP contribution is 2.28. The summed E-state index contributed by atoms with van der Waals surface area (Å²) in [5, 5.41) is 9.67. The van der Waals surface area contributed by atoms with Gasteiger partial charge in [-0.1, -0.05) is 29.8 Å². The molecule has 0 saturated carbocycles. The fourth-order valence-corrected chi connectivity index (χ4v) is 2.70. The summed E-state index contributed by atoms with van der Waals surface area (Å²) in [6, 6.07) is 12.2. The summed E-state index contributed by atoms with van der Waals surface area (Å²) < 4.78 is 14.2. The first kappa shape index (κ1) is 14.7. The summed E-state index contributed by atoms with van der Waals surface area (Å²) in [5.74, 6) is -2.23. The van der Waals surface area contributed by atoms with Crippen molar-refractivity contribution in [1.29, 1.82) is 5.26 Å². The maximum absolute atomic E-state index is 13.7. The molecule has 0 aliphatic rings. The van der Waals surface area contributed by atoms with Crippen LogP contribution in [0.1, 0.15) is 21.8 Å². The number of rotatable bonds is 3. The molecule has 2 aromatic carbocycles. The first-order chi connectivity index (χ1) is 9.54. The predicted octanol–water partition coefficient (Wildman–Crippen LogP) is 4.73. The number of Topliss-reactive ketones (excluding diaryl/α,β-unsaturated/α-hetero) is 1. The third kappa shape index (κ3) is 2.90. The summed E-state index contributed by atoms with van der Waals surface area (Å²) in [4.78, 5) is 12.4. The van der Waals surface area contributed by atoms with E-state index in [0.717, 1.165) is 0 Å². The minimum atomic E-state index is -1.19. The lowest BCUT2D eigenvalue weighted by molar-refractivity contribution is 0.0976. The lowest BCUT2D eigenvalue weighted by Gasteiger charge is -2.11. The van der Waals surface area contributed by atoms with E-state index in [2.05, 4.69) is 15.9 Å². The third-order valence-electron chi connectivity index (χ3n) is 2.80. The molecule has 0 spiro atoms. The second-order valence-electron chi connectivity index (χ2n) is 4.07. The van der Waals surface area contributed by atoms with Gasteiger partial charge in [-0.05, 0) is 40.2 Å². The van der Waals surface area contributed by atoms with E-state index in [0.29, 0.717) is 15.1 Å². The highest BCUT2D eigenvalue weighted by atomic mass is 79.9. The Morgan fingerprint density at radius 2 is 2.00 bits per heavy atom. The number of halogens is 3. The van der Waals surface area contributed by atoms with Crippen molar-refractivity contribution < 1.29 is 9.18 Å². The van der Waals surface area contributed by atoms with Crippen LogP contribution in [0.15, 0.2) is 46.9 Å². The lowest BCUT2D eigenvalue weighted by Crippen LogP contribution is -2.13. The Morgan fingerprint density at radius 1 is 1.30 bits per heavy atom. The van der Waals surface area contributed by atoms with E-state index in [1.807, 2.05) is 6.07 Å². The second-order valence-corrected chi connectivity index (χ2v) is 5.36. The fraction of sp³-hybridized carbons (Fsp3) is 0.0667. The molecule has 20 heavy (non-hydrogen) atoms. The Morgan fingerprint density at radius 3 is 2.60 bits per heavy atom. The molecular weight excluding hydrogens is 345 g/mol. The number of carbonyl (C=O) groups is 1. The maximum Gasteiger partial charge on any atom is 0.185 e. The molecule has 0 aliphatic heterocycles. The van der Waals surface area contributed by atoms with Crippen molar-refractivity contribution in [2.24, 2.45) is 0 Å². The van der Waals surface area contributed by atoms with Gasteiger partial charge in [0.25, 0.3) is 0 Å². The molecule has 100 valence electrons. The zero-order valence-corrected chi connectivity index (χ0v) is 12.5. The van der Waals surface area contributed by atoms with Crippen molar-refractivity contribution in [2.45, 2.75) is 5.92 Å². The van der Waals surface area contributed by atoms with E-state index in [1.165, 1.54) is 24.3 Å². The van der Waals surface area contributed by atoms with Crippen LogP contribution in [0, 0.1) is 17.1 Å². The summed E-state index contributed by atoms with van der Waals surface area (Å²) in [5.41, 5.74) is 0.367. The molecule has 2 aromatic rings. The van der Waals surface area contributed by atoms with Gasteiger partial charge in [0.15, 0.2) is 5.78 Å². The minimum absolute atomic E-state index is 0.0712. The standard InChI is InChI=1S/C15H8BrClFNO/c16-13-7-9(17)5-6-11(13)15(20)12(8-19)10-3-1-2-4-14(10)18/h1-7,12H. The van der Waals surface area contributed by atoms with Gasteiger partial charge in [-0.2, -0.15) is 5.26 Å². The molecule has 5 heteroatoms. The van der Waals surface area contributed by atoms with E-state index in [4.69, 9.17) is 11.6 Å². The number of nitrogens with zero attached hydrogens (tertiary/aromatic N) is 1. The van der Waals surface area contributed by atoms with Crippen LogP contribution in [-0.2, 0) is 0 Å². The van der Waals surface area contributed by atoms with Crippen molar-refractivity contribution in [3.63, 3.8) is 0 Å². The highest BCUT2D eigenvalue weighted by Gasteiger charge is 2.25. The number of carbonyl (C=O) groups excluding carboxylic acids is 1. The quantitative estimate of drug-likeness (QED) is 0.749. The molecule has 0 saturated heterocycles. The van der Waals surface area contributed by atoms with Crippen LogP contribution in [0.2, 0.25) is 5.02 Å². The topological polar surface area (TPSA) is 40.9 Å². The molecule has 0 fully saturated rings. The highest BCUT2D eigenvalue weighted by molar-refractivity contribution is 9.10. The Kier molecular flexibility index (Phi) is 4.53. The van der Waals surface area contributed by atoms with E-state index in [-0.39, 0.29) is 5.56 Å². The SMILES string of the molecule is N#CC(C(=O)c1ccc(Cl)cc1Br)c1ccccc1F. The van der Waals surface area contributed by atoms with Crippen LogP contribution in [0.5, 0.6) is 0 Å². The van der Waals surface area contributed by atoms with Crippen LogP contribution in [0.25, 0.3) is 0 Å². The summed E-state index contributed by atoms with van der Waals surface area (Å²) >= 11 is 9.04. The van der Waals surface area contributed by atoms with Gasteiger partial charge in [-0.15, -0.1) is 0 Å². The van der Waals surface area contributed by atoms with Crippen LogP contribution in [0.4, 0.5) is 4.39 Å². The van der Waals surface area contributed by atoms with E-state index in [9.17, 15) is 14.4 Å². The van der Waals surface area contributed by atoms with Gasteiger partial charge in [-0.3, -0.25) is 4.79 Å². The molecule has 0 amide bonds. The fourth-order valence-electron chi connectivity index (χ4n) is 1.82. The first-order valence-corrected chi connectivity index (χ1v) is 6.85. The molecular formula is C15H8BrClFNO. The number of ketones is 1. The number of hydrogen-bond acceptors (Lipinski definition) is 2. The molecule has 2 rings (SSSR count). The van der Waals surface area contributed by atoms with Gasteiger partial charge in [-0.25, -0.2) is 4.39 Å². The van der Waals surface area contributed by atoms with Gasteiger partial charge in [0.2, 0.25) is 0 Å². The van der Waals surface area contributed by atoms with E-state index >= 15 is 0 Å². The van der Waals surface area contributed by atoms with Crippen LogP contribution in [0.3, 0.4) is 0 Å². The van der Waals surface area contributed by atoms with Crippen LogP contribution < -0.4 is 0 Å². The molecule has 0 N–H and O–H groups in total. The summed E-state index contributed by atoms with van der Waals surface area (Å²) in [6.45, 7) is 0. The monoisotopic (exact) mass is 351 g/mol. The van der Waals surface area contributed by atoms with Crippen LogP contribution >= 0.6 is 27.5 Å². The minimum Gasteiger partial charge on any atom is -0.292 e. The zero-order chi connectivity index (χ0) is 14.7. The van der Waals surface area contributed by atoms with Gasteiger partial charge in [0.1, 0.15) is 11.7 Å². The number of benzene rings is 2. The maximum atomic E-state index is 13.7. The molecule has 0 aliphatic carbocycles. The Labute approximate surface area is 128 Å². The van der Waals surface area contributed by atoms with Gasteiger partial charge >= 0.3 is 0 Å². The molecule has 0 heterocycles. The van der Waals surface area contributed by atoms with Crippen molar-refractivity contribution >= 4 is 33.3 Å². The van der Waals surface area contributed by atoms with Gasteiger partial charge in [0.05, 0.1) is 6.07 Å². The molecule has 2 nitrogen and oxygen atoms in total. The first-order valence-electron chi connectivity index (χ1n) is 5.68. The normalized spacial score (nSPS) is 11.7. The Hall–Kier alpha value is -1.70. The number of hydrogen-bond donors (Lipinski definition) is 0. The van der Waals surface area contributed by atoms with Gasteiger partial charge < -0.3 is 0 Å². The molecule has 0 bridgehead atoms. The largest absolute Gasteiger partial charge is 0.292 e.